The number of rotatable bonds is 1. The molecule has 2 saturated heterocycles. The van der Waals surface area contributed by atoms with Crippen molar-refractivity contribution in [1.82, 2.24) is 9.80 Å². The molecule has 2 atom stereocenters. The van der Waals surface area contributed by atoms with E-state index in [1.165, 1.54) is 13.3 Å². The first-order valence-electron chi connectivity index (χ1n) is 6.32. The summed E-state index contributed by atoms with van der Waals surface area (Å²) in [4.78, 5) is 14.9. The van der Waals surface area contributed by atoms with Crippen molar-refractivity contribution < 1.29 is 9.18 Å². The molecule has 2 aliphatic rings. The number of carbonyl (C=O) groups excluding carboxylic acids is 1. The van der Waals surface area contributed by atoms with Gasteiger partial charge in [-0.2, -0.15) is 0 Å². The summed E-state index contributed by atoms with van der Waals surface area (Å²) in [7, 11) is 0. The van der Waals surface area contributed by atoms with Gasteiger partial charge in [0, 0.05) is 19.5 Å². The fourth-order valence-corrected chi connectivity index (χ4v) is 2.26. The fourth-order valence-electron chi connectivity index (χ4n) is 2.26. The summed E-state index contributed by atoms with van der Waals surface area (Å²) in [5.74, 6) is -0.00490. The molecular formula is C12H23FN2O. The molecule has 4 heteroatoms. The molecule has 2 heterocycles. The molecule has 2 aliphatic heterocycles. The van der Waals surface area contributed by atoms with Gasteiger partial charge in [-0.3, -0.25) is 9.69 Å². The third kappa shape index (κ3) is 2.94. The maximum Gasteiger partial charge on any atom is 0.219 e. The Labute approximate surface area is 97.6 Å². The number of piperidine rings is 1. The molecular weight excluding hydrogens is 207 g/mol. The third-order valence-electron chi connectivity index (χ3n) is 3.31. The minimum Gasteiger partial charge on any atom is -0.340 e. The Balaban J connectivity index is 0.000000606. The second kappa shape index (κ2) is 6.18. The number of likely N-dealkylation sites (tertiary alicyclic amines) is 2. The van der Waals surface area contributed by atoms with Gasteiger partial charge in [0.15, 0.2) is 0 Å². The molecule has 0 aromatic heterocycles. The van der Waals surface area contributed by atoms with Gasteiger partial charge in [-0.1, -0.05) is 13.8 Å². The summed E-state index contributed by atoms with van der Waals surface area (Å²) in [6, 6.07) is 0.0688. The van der Waals surface area contributed by atoms with Gasteiger partial charge in [0.25, 0.3) is 0 Å². The first-order chi connectivity index (χ1) is 7.68. The summed E-state index contributed by atoms with van der Waals surface area (Å²) < 4.78 is 13.7. The third-order valence-corrected chi connectivity index (χ3v) is 3.31. The topological polar surface area (TPSA) is 23.6 Å². The van der Waals surface area contributed by atoms with Crippen LogP contribution in [0.3, 0.4) is 0 Å². The van der Waals surface area contributed by atoms with E-state index in [1.807, 2.05) is 13.8 Å². The normalized spacial score (nSPS) is 30.1. The van der Waals surface area contributed by atoms with E-state index in [1.54, 1.807) is 4.90 Å². The second-order valence-corrected chi connectivity index (χ2v) is 4.23. The molecule has 0 spiro atoms. The van der Waals surface area contributed by atoms with Gasteiger partial charge in [0.05, 0.1) is 6.54 Å². The number of hydrogen-bond donors (Lipinski definition) is 0. The summed E-state index contributed by atoms with van der Waals surface area (Å²) >= 11 is 0. The molecule has 0 saturated carbocycles. The average Bonchev–Trinajstić information content (AvgIpc) is 2.21. The van der Waals surface area contributed by atoms with Crippen LogP contribution >= 0.6 is 0 Å². The van der Waals surface area contributed by atoms with E-state index in [2.05, 4.69) is 4.90 Å². The van der Waals surface area contributed by atoms with Crippen LogP contribution in [0.25, 0.3) is 0 Å². The molecule has 2 fully saturated rings. The summed E-state index contributed by atoms with van der Waals surface area (Å²) in [6.45, 7) is 8.58. The van der Waals surface area contributed by atoms with Crippen LogP contribution in [0.1, 0.15) is 33.6 Å². The molecule has 0 radical (unpaired) electrons. The molecule has 3 nitrogen and oxygen atoms in total. The number of alkyl halides is 1. The molecule has 16 heavy (non-hydrogen) atoms. The molecule has 0 bridgehead atoms. The van der Waals surface area contributed by atoms with Crippen LogP contribution in [-0.4, -0.2) is 54.1 Å². The Bertz CT molecular complexity index is 231. The van der Waals surface area contributed by atoms with Crippen molar-refractivity contribution in [3.63, 3.8) is 0 Å². The predicted octanol–water partition coefficient (Wildman–Crippen LogP) is 1.68. The molecule has 2 unspecified atom stereocenters. The van der Waals surface area contributed by atoms with E-state index in [9.17, 15) is 9.18 Å². The van der Waals surface area contributed by atoms with Gasteiger partial charge in [0.1, 0.15) is 6.17 Å². The average molecular weight is 230 g/mol. The quantitative estimate of drug-likeness (QED) is 0.684. The predicted molar refractivity (Wildman–Crippen MR) is 63.1 cm³/mol. The lowest BCUT2D eigenvalue weighted by atomic mass is 9.98. The van der Waals surface area contributed by atoms with Gasteiger partial charge < -0.3 is 4.90 Å². The van der Waals surface area contributed by atoms with Crippen LogP contribution < -0.4 is 0 Å². The first kappa shape index (κ1) is 13.4. The van der Waals surface area contributed by atoms with Crippen LogP contribution in [-0.2, 0) is 4.79 Å². The summed E-state index contributed by atoms with van der Waals surface area (Å²) in [6.07, 6.45) is 1.13. The number of nitrogens with zero attached hydrogens (tertiary/aromatic N) is 2. The van der Waals surface area contributed by atoms with Gasteiger partial charge >= 0.3 is 0 Å². The Morgan fingerprint density at radius 1 is 1.25 bits per heavy atom. The maximum atomic E-state index is 13.7. The van der Waals surface area contributed by atoms with E-state index >= 15 is 0 Å². The SMILES string of the molecule is CC.CC(=O)N1CCC(N2CCC2)C(F)C1. The minimum atomic E-state index is -0.854. The molecule has 0 aliphatic carbocycles. The first-order valence-corrected chi connectivity index (χ1v) is 6.32. The molecule has 0 aromatic carbocycles. The van der Waals surface area contributed by atoms with Crippen LogP contribution in [0.2, 0.25) is 0 Å². The van der Waals surface area contributed by atoms with Crippen LogP contribution in [0.4, 0.5) is 4.39 Å². The highest BCUT2D eigenvalue weighted by atomic mass is 19.1. The van der Waals surface area contributed by atoms with Crippen molar-refractivity contribution in [2.45, 2.75) is 45.8 Å². The molecule has 0 aromatic rings. The minimum absolute atomic E-state index is 0.00490. The van der Waals surface area contributed by atoms with Crippen LogP contribution in [0.5, 0.6) is 0 Å². The Kier molecular flexibility index (Phi) is 5.19. The van der Waals surface area contributed by atoms with E-state index < -0.39 is 6.17 Å². The van der Waals surface area contributed by atoms with Crippen LogP contribution in [0.15, 0.2) is 0 Å². The zero-order chi connectivity index (χ0) is 12.1. The largest absolute Gasteiger partial charge is 0.340 e. The van der Waals surface area contributed by atoms with Crippen molar-refractivity contribution in [3.8, 4) is 0 Å². The van der Waals surface area contributed by atoms with E-state index in [4.69, 9.17) is 0 Å². The Morgan fingerprint density at radius 3 is 2.25 bits per heavy atom. The lowest BCUT2D eigenvalue weighted by Gasteiger charge is -2.44. The second-order valence-electron chi connectivity index (χ2n) is 4.23. The zero-order valence-electron chi connectivity index (χ0n) is 10.6. The smallest absolute Gasteiger partial charge is 0.219 e. The number of amides is 1. The zero-order valence-corrected chi connectivity index (χ0v) is 10.6. The monoisotopic (exact) mass is 230 g/mol. The van der Waals surface area contributed by atoms with Gasteiger partial charge in [0.2, 0.25) is 5.91 Å². The highest BCUT2D eigenvalue weighted by Gasteiger charge is 2.36. The highest BCUT2D eigenvalue weighted by Crippen LogP contribution is 2.23. The van der Waals surface area contributed by atoms with Crippen molar-refractivity contribution in [2.75, 3.05) is 26.2 Å². The van der Waals surface area contributed by atoms with Crippen molar-refractivity contribution >= 4 is 5.91 Å². The lowest BCUT2D eigenvalue weighted by molar-refractivity contribution is -0.132. The Hall–Kier alpha value is -0.640. The fraction of sp³-hybridized carbons (Fsp3) is 0.917. The number of hydrogen-bond acceptors (Lipinski definition) is 2. The molecule has 94 valence electrons. The summed E-state index contributed by atoms with van der Waals surface area (Å²) in [5.41, 5.74) is 0. The lowest BCUT2D eigenvalue weighted by Crippen LogP contribution is -2.57. The maximum absolute atomic E-state index is 13.7. The van der Waals surface area contributed by atoms with Gasteiger partial charge in [-0.15, -0.1) is 0 Å². The molecule has 2 rings (SSSR count). The van der Waals surface area contributed by atoms with E-state index in [0.29, 0.717) is 0 Å². The van der Waals surface area contributed by atoms with E-state index in [-0.39, 0.29) is 18.5 Å². The summed E-state index contributed by atoms with van der Waals surface area (Å²) in [5, 5.41) is 0. The highest BCUT2D eigenvalue weighted by molar-refractivity contribution is 5.73. The van der Waals surface area contributed by atoms with Crippen molar-refractivity contribution in [3.05, 3.63) is 0 Å². The van der Waals surface area contributed by atoms with E-state index in [0.717, 1.165) is 26.1 Å². The number of halogens is 1. The van der Waals surface area contributed by atoms with Crippen molar-refractivity contribution in [2.24, 2.45) is 0 Å². The van der Waals surface area contributed by atoms with Crippen LogP contribution in [0, 0.1) is 0 Å². The van der Waals surface area contributed by atoms with Gasteiger partial charge in [-0.05, 0) is 25.9 Å². The standard InChI is InChI=1S/C10H17FN2O.C2H6/c1-8(14)13-6-3-10(9(11)7-13)12-4-2-5-12;1-2/h9-10H,2-7H2,1H3;1-2H3. The van der Waals surface area contributed by atoms with Crippen molar-refractivity contribution in [1.29, 1.82) is 0 Å². The Morgan fingerprint density at radius 2 is 1.88 bits per heavy atom. The molecule has 1 amide bonds. The molecule has 0 N–H and O–H groups in total. The number of carbonyl (C=O) groups is 1. The van der Waals surface area contributed by atoms with Gasteiger partial charge in [-0.25, -0.2) is 4.39 Å².